The summed E-state index contributed by atoms with van der Waals surface area (Å²) in [7, 11) is 1.31. The maximum Gasteiger partial charge on any atom is 0.328 e. The number of hydrogen-bond acceptors (Lipinski definition) is 7. The highest BCUT2D eigenvalue weighted by molar-refractivity contribution is 6.01. The zero-order valence-electron chi connectivity index (χ0n) is 24.5. The Balaban J connectivity index is 1.44. The summed E-state index contributed by atoms with van der Waals surface area (Å²) in [5, 5.41) is 17.5. The van der Waals surface area contributed by atoms with Crippen LogP contribution < -0.4 is 10.6 Å². The molecule has 1 saturated heterocycles. The predicted octanol–water partition coefficient (Wildman–Crippen LogP) is 3.47. The van der Waals surface area contributed by atoms with Gasteiger partial charge in [-0.1, -0.05) is 56.3 Å². The summed E-state index contributed by atoms with van der Waals surface area (Å²) in [5.74, 6) is -0.792. The number of aromatic nitrogens is 1. The molecule has 0 spiro atoms. The second kappa shape index (κ2) is 14.7. The summed E-state index contributed by atoms with van der Waals surface area (Å²) in [6.45, 7) is 5.47. The van der Waals surface area contributed by atoms with E-state index in [2.05, 4.69) is 35.5 Å². The molecule has 0 aliphatic carbocycles. The second-order valence-electron chi connectivity index (χ2n) is 11.0. The summed E-state index contributed by atoms with van der Waals surface area (Å²) in [5.41, 5.74) is 3.76. The van der Waals surface area contributed by atoms with E-state index in [1.165, 1.54) is 18.1 Å². The summed E-state index contributed by atoms with van der Waals surface area (Å²) in [4.78, 5) is 44.6. The SMILES string of the molecule is COC(=O)C1CCCN1C(=O)c1cccc(C(=O)NC(Cc2ccccc2)C(O)CNCc2cncc(C(C)C)c2)c1. The number of benzene rings is 2. The van der Waals surface area contributed by atoms with Crippen LogP contribution in [0.15, 0.2) is 73.1 Å². The molecule has 0 bridgehead atoms. The van der Waals surface area contributed by atoms with Gasteiger partial charge in [-0.25, -0.2) is 4.79 Å². The van der Waals surface area contributed by atoms with E-state index in [0.29, 0.717) is 49.4 Å². The van der Waals surface area contributed by atoms with Gasteiger partial charge >= 0.3 is 5.97 Å². The zero-order chi connectivity index (χ0) is 30.1. The summed E-state index contributed by atoms with van der Waals surface area (Å²) >= 11 is 0. The van der Waals surface area contributed by atoms with Crippen LogP contribution in [0.25, 0.3) is 0 Å². The molecule has 1 fully saturated rings. The third kappa shape index (κ3) is 8.02. The average Bonchev–Trinajstić information content (AvgIpc) is 3.51. The van der Waals surface area contributed by atoms with Crippen molar-refractivity contribution in [3.63, 3.8) is 0 Å². The highest BCUT2D eigenvalue weighted by Gasteiger charge is 2.35. The van der Waals surface area contributed by atoms with Crippen molar-refractivity contribution >= 4 is 17.8 Å². The number of hydrogen-bond donors (Lipinski definition) is 3. The van der Waals surface area contributed by atoms with Crippen LogP contribution in [-0.2, 0) is 22.5 Å². The molecule has 42 heavy (non-hydrogen) atoms. The number of nitrogens with zero attached hydrogens (tertiary/aromatic N) is 2. The molecular weight excluding hydrogens is 532 g/mol. The fourth-order valence-electron chi connectivity index (χ4n) is 5.18. The molecule has 1 aliphatic heterocycles. The number of amides is 2. The van der Waals surface area contributed by atoms with Crippen LogP contribution in [0, 0.1) is 0 Å². The third-order valence-corrected chi connectivity index (χ3v) is 7.60. The highest BCUT2D eigenvalue weighted by Crippen LogP contribution is 2.22. The van der Waals surface area contributed by atoms with Gasteiger partial charge < -0.3 is 25.4 Å². The standard InChI is InChI=1S/C33H40N4O5/c1-22(2)27-15-24(18-34-20-27)19-35-21-30(38)28(16-23-9-5-4-6-10-23)36-31(39)25-11-7-12-26(17-25)32(40)37-14-8-13-29(37)33(41)42-3/h4-7,9-12,15,17-18,20,22,28-30,35,38H,8,13-14,16,19,21H2,1-3H3,(H,36,39). The van der Waals surface area contributed by atoms with E-state index in [4.69, 9.17) is 4.74 Å². The Kier molecular flexibility index (Phi) is 10.8. The molecule has 9 nitrogen and oxygen atoms in total. The Hall–Kier alpha value is -4.08. The van der Waals surface area contributed by atoms with Crippen LogP contribution in [0.1, 0.15) is 70.0 Å². The largest absolute Gasteiger partial charge is 0.467 e. The Morgan fingerprint density at radius 3 is 2.52 bits per heavy atom. The van der Waals surface area contributed by atoms with Crippen molar-refractivity contribution in [2.45, 2.75) is 63.8 Å². The normalized spacial score (nSPS) is 16.2. The molecular formula is C33H40N4O5. The molecule has 1 aliphatic rings. The van der Waals surface area contributed by atoms with E-state index in [1.54, 1.807) is 24.4 Å². The molecule has 9 heteroatoms. The van der Waals surface area contributed by atoms with Crippen molar-refractivity contribution in [2.24, 2.45) is 0 Å². The van der Waals surface area contributed by atoms with E-state index in [0.717, 1.165) is 16.7 Å². The number of ether oxygens (including phenoxy) is 1. The van der Waals surface area contributed by atoms with Crippen LogP contribution in [0.3, 0.4) is 0 Å². The minimum atomic E-state index is -0.884. The van der Waals surface area contributed by atoms with Crippen LogP contribution in [-0.4, -0.2) is 71.2 Å². The van der Waals surface area contributed by atoms with E-state index in [1.807, 2.05) is 36.5 Å². The fraction of sp³-hybridized carbons (Fsp3) is 0.394. The Labute approximate surface area is 247 Å². The Morgan fingerprint density at radius 1 is 1.02 bits per heavy atom. The van der Waals surface area contributed by atoms with E-state index < -0.39 is 30.1 Å². The van der Waals surface area contributed by atoms with Gasteiger partial charge in [0.05, 0.1) is 19.3 Å². The van der Waals surface area contributed by atoms with Crippen LogP contribution in [0.2, 0.25) is 0 Å². The molecule has 222 valence electrons. The van der Waals surface area contributed by atoms with Gasteiger partial charge in [0.2, 0.25) is 0 Å². The van der Waals surface area contributed by atoms with Crippen LogP contribution in [0.5, 0.6) is 0 Å². The molecule has 3 aromatic rings. The number of esters is 1. The number of carbonyl (C=O) groups excluding carboxylic acids is 3. The first-order valence-electron chi connectivity index (χ1n) is 14.4. The van der Waals surface area contributed by atoms with Gasteiger partial charge in [0.25, 0.3) is 11.8 Å². The van der Waals surface area contributed by atoms with Gasteiger partial charge in [0.1, 0.15) is 6.04 Å². The van der Waals surface area contributed by atoms with Gasteiger partial charge in [-0.15, -0.1) is 0 Å². The fourth-order valence-corrected chi connectivity index (χ4v) is 5.18. The maximum absolute atomic E-state index is 13.4. The molecule has 3 N–H and O–H groups in total. The lowest BCUT2D eigenvalue weighted by Gasteiger charge is -2.25. The maximum atomic E-state index is 13.4. The lowest BCUT2D eigenvalue weighted by Crippen LogP contribution is -2.48. The summed E-state index contributed by atoms with van der Waals surface area (Å²) < 4.78 is 4.87. The lowest BCUT2D eigenvalue weighted by atomic mass is 10.00. The lowest BCUT2D eigenvalue weighted by molar-refractivity contribution is -0.145. The molecule has 1 aromatic heterocycles. The highest BCUT2D eigenvalue weighted by atomic mass is 16.5. The van der Waals surface area contributed by atoms with Gasteiger partial charge in [-0.05, 0) is 60.1 Å². The van der Waals surface area contributed by atoms with Crippen LogP contribution in [0.4, 0.5) is 0 Å². The first-order valence-corrected chi connectivity index (χ1v) is 14.4. The monoisotopic (exact) mass is 572 g/mol. The third-order valence-electron chi connectivity index (χ3n) is 7.60. The first kappa shape index (κ1) is 30.9. The molecule has 3 atom stereocenters. The summed E-state index contributed by atoms with van der Waals surface area (Å²) in [6, 6.07) is 17.0. The van der Waals surface area contributed by atoms with Gasteiger partial charge in [0, 0.05) is 43.2 Å². The number of rotatable bonds is 12. The zero-order valence-corrected chi connectivity index (χ0v) is 24.5. The number of methoxy groups -OCH3 is 1. The minimum absolute atomic E-state index is 0.256. The molecule has 0 saturated carbocycles. The van der Waals surface area contributed by atoms with Gasteiger partial charge in [-0.3, -0.25) is 14.6 Å². The topological polar surface area (TPSA) is 121 Å². The number of carbonyl (C=O) groups is 3. The first-order chi connectivity index (χ1) is 20.3. The van der Waals surface area contributed by atoms with Crippen LogP contribution >= 0.6 is 0 Å². The second-order valence-corrected chi connectivity index (χ2v) is 11.0. The van der Waals surface area contributed by atoms with Gasteiger partial charge in [-0.2, -0.15) is 0 Å². The van der Waals surface area contributed by atoms with Crippen molar-refractivity contribution in [3.8, 4) is 0 Å². The number of pyridine rings is 1. The quantitative estimate of drug-likeness (QED) is 0.284. The number of aliphatic hydroxyl groups is 1. The Morgan fingerprint density at radius 2 is 1.79 bits per heavy atom. The molecule has 4 rings (SSSR count). The molecule has 0 radical (unpaired) electrons. The van der Waals surface area contributed by atoms with Crippen molar-refractivity contribution in [3.05, 3.63) is 101 Å². The number of nitrogens with one attached hydrogen (secondary N) is 2. The molecule has 3 unspecified atom stereocenters. The summed E-state index contributed by atoms with van der Waals surface area (Å²) in [6.07, 6.45) is 4.46. The van der Waals surface area contributed by atoms with E-state index >= 15 is 0 Å². The molecule has 2 aromatic carbocycles. The minimum Gasteiger partial charge on any atom is -0.467 e. The van der Waals surface area contributed by atoms with Crippen molar-refractivity contribution < 1.29 is 24.2 Å². The molecule has 2 amide bonds. The number of aliphatic hydroxyl groups excluding tert-OH is 1. The predicted molar refractivity (Wildman–Crippen MR) is 160 cm³/mol. The van der Waals surface area contributed by atoms with E-state index in [-0.39, 0.29) is 12.5 Å². The van der Waals surface area contributed by atoms with Crippen molar-refractivity contribution in [1.29, 1.82) is 0 Å². The number of likely N-dealkylation sites (tertiary alicyclic amines) is 1. The molecule has 2 heterocycles. The smallest absolute Gasteiger partial charge is 0.328 e. The van der Waals surface area contributed by atoms with E-state index in [9.17, 15) is 19.5 Å². The Bertz CT molecular complexity index is 1360. The van der Waals surface area contributed by atoms with Crippen molar-refractivity contribution in [1.82, 2.24) is 20.5 Å². The van der Waals surface area contributed by atoms with Gasteiger partial charge in [0.15, 0.2) is 0 Å². The van der Waals surface area contributed by atoms with Crippen molar-refractivity contribution in [2.75, 3.05) is 20.2 Å². The average molecular weight is 573 g/mol.